The van der Waals surface area contributed by atoms with Gasteiger partial charge in [-0.2, -0.15) is 0 Å². The first-order valence-corrected chi connectivity index (χ1v) is 21.4. The van der Waals surface area contributed by atoms with E-state index >= 15 is 0 Å². The molecule has 60 heavy (non-hydrogen) atoms. The highest BCUT2D eigenvalue weighted by Gasteiger charge is 2.52. The largest absolute Gasteiger partial charge is 0.0713 e. The van der Waals surface area contributed by atoms with E-state index in [-0.39, 0.29) is 17.3 Å². The summed E-state index contributed by atoms with van der Waals surface area (Å²) in [4.78, 5) is 0. The van der Waals surface area contributed by atoms with Crippen LogP contribution in [-0.4, -0.2) is 0 Å². The smallest absolute Gasteiger partial charge is 0.0622 e. The van der Waals surface area contributed by atoms with Gasteiger partial charge in [-0.1, -0.05) is 226 Å². The SMILES string of the molecule is CC1(C)c2ccccc2-c2ccc(C3c4ccccc4C4(c5ccccc5C(c5ccc(-c6ccccc6)cc5)c5ccccc54)c4cc(-c5ccccc5)ccc43)cc21. The van der Waals surface area contributed by atoms with Gasteiger partial charge in [0.25, 0.3) is 0 Å². The molecule has 0 bridgehead atoms. The van der Waals surface area contributed by atoms with Gasteiger partial charge in [-0.3, -0.25) is 0 Å². The second kappa shape index (κ2) is 13.2. The highest BCUT2D eigenvalue weighted by atomic mass is 14.5. The van der Waals surface area contributed by atoms with E-state index < -0.39 is 5.41 Å². The predicted molar refractivity (Wildman–Crippen MR) is 248 cm³/mol. The summed E-state index contributed by atoms with van der Waals surface area (Å²) in [5, 5.41) is 0. The molecular weight excluding hydrogens is 721 g/mol. The summed E-state index contributed by atoms with van der Waals surface area (Å²) in [5.41, 5.74) is 23.5. The lowest BCUT2D eigenvalue weighted by Gasteiger charge is -2.50. The van der Waals surface area contributed by atoms with E-state index in [1.54, 1.807) is 0 Å². The third-order valence-corrected chi connectivity index (χ3v) is 14.2. The molecule has 0 N–H and O–H groups in total. The van der Waals surface area contributed by atoms with Crippen molar-refractivity contribution in [2.75, 3.05) is 0 Å². The Kier molecular flexibility index (Phi) is 7.72. The van der Waals surface area contributed by atoms with Crippen LogP contribution in [0, 0.1) is 0 Å². The Hall–Kier alpha value is -7.02. The fraction of sp³-hybridized carbons (Fsp3) is 0.100. The molecule has 9 aromatic carbocycles. The topological polar surface area (TPSA) is 0 Å². The lowest BCUT2D eigenvalue weighted by Crippen LogP contribution is -2.42. The average molecular weight is 765 g/mol. The van der Waals surface area contributed by atoms with Crippen molar-refractivity contribution in [1.29, 1.82) is 0 Å². The minimum Gasteiger partial charge on any atom is -0.0622 e. The molecule has 0 aliphatic heterocycles. The fourth-order valence-electron chi connectivity index (χ4n) is 11.5. The van der Waals surface area contributed by atoms with E-state index in [0.717, 1.165) is 0 Å². The molecule has 0 amide bonds. The molecule has 0 heterocycles. The molecule has 9 aromatic rings. The Morgan fingerprint density at radius 1 is 0.283 bits per heavy atom. The average Bonchev–Trinajstić information content (AvgIpc) is 3.54. The third-order valence-electron chi connectivity index (χ3n) is 14.2. The normalized spacial score (nSPS) is 18.7. The molecule has 284 valence electrons. The van der Waals surface area contributed by atoms with E-state index in [9.17, 15) is 0 Å². The Morgan fingerprint density at radius 2 is 0.700 bits per heavy atom. The Balaban J connectivity index is 1.13. The number of hydrogen-bond donors (Lipinski definition) is 0. The highest BCUT2D eigenvalue weighted by molar-refractivity contribution is 5.83. The van der Waals surface area contributed by atoms with Gasteiger partial charge < -0.3 is 0 Å². The molecule has 1 unspecified atom stereocenters. The molecule has 3 aliphatic carbocycles. The number of hydrogen-bond acceptors (Lipinski definition) is 0. The Labute approximate surface area is 353 Å². The van der Waals surface area contributed by atoms with Crippen molar-refractivity contribution in [3.8, 4) is 33.4 Å². The lowest BCUT2D eigenvalue weighted by atomic mass is 9.51. The summed E-state index contributed by atoms with van der Waals surface area (Å²) < 4.78 is 0. The Morgan fingerprint density at radius 3 is 1.30 bits per heavy atom. The molecule has 0 heteroatoms. The lowest BCUT2D eigenvalue weighted by molar-refractivity contribution is 0.637. The van der Waals surface area contributed by atoms with Gasteiger partial charge in [-0.15, -0.1) is 0 Å². The Bertz CT molecular complexity index is 3060. The maximum Gasteiger partial charge on any atom is 0.0713 e. The van der Waals surface area contributed by atoms with Crippen LogP contribution in [0.4, 0.5) is 0 Å². The summed E-state index contributed by atoms with van der Waals surface area (Å²) in [5.74, 6) is 0.137. The van der Waals surface area contributed by atoms with Gasteiger partial charge in [-0.05, 0) is 106 Å². The van der Waals surface area contributed by atoms with Gasteiger partial charge in [0, 0.05) is 17.3 Å². The molecule has 12 rings (SSSR count). The van der Waals surface area contributed by atoms with Crippen LogP contribution in [0.15, 0.2) is 218 Å². The fourth-order valence-corrected chi connectivity index (χ4v) is 11.5. The second-order valence-electron chi connectivity index (χ2n) is 17.5. The number of fused-ring (bicyclic) bond motifs is 11. The van der Waals surface area contributed by atoms with Crippen molar-refractivity contribution in [3.05, 3.63) is 285 Å². The second-order valence-corrected chi connectivity index (χ2v) is 17.5. The first kappa shape index (κ1) is 35.0. The maximum atomic E-state index is 2.54. The predicted octanol–water partition coefficient (Wildman–Crippen LogP) is 14.7. The summed E-state index contributed by atoms with van der Waals surface area (Å²) >= 11 is 0. The molecule has 3 aliphatic rings. The molecule has 1 atom stereocenters. The third kappa shape index (κ3) is 4.91. The molecule has 1 spiro atoms. The van der Waals surface area contributed by atoms with Gasteiger partial charge in [0.15, 0.2) is 0 Å². The van der Waals surface area contributed by atoms with Crippen molar-refractivity contribution in [1.82, 2.24) is 0 Å². The van der Waals surface area contributed by atoms with Gasteiger partial charge >= 0.3 is 0 Å². The van der Waals surface area contributed by atoms with Gasteiger partial charge in [-0.25, -0.2) is 0 Å². The summed E-state index contributed by atoms with van der Waals surface area (Å²) in [6.07, 6.45) is 0. The van der Waals surface area contributed by atoms with Crippen LogP contribution < -0.4 is 0 Å². The van der Waals surface area contributed by atoms with E-state index in [4.69, 9.17) is 0 Å². The number of benzene rings is 9. The molecule has 0 fully saturated rings. The van der Waals surface area contributed by atoms with Crippen molar-refractivity contribution >= 4 is 0 Å². The van der Waals surface area contributed by atoms with Crippen LogP contribution in [0.1, 0.15) is 92.4 Å². The minimum absolute atomic E-state index is 0.0547. The first-order chi connectivity index (χ1) is 29.5. The van der Waals surface area contributed by atoms with Gasteiger partial charge in [0.05, 0.1) is 5.41 Å². The quantitative estimate of drug-likeness (QED) is 0.167. The van der Waals surface area contributed by atoms with Crippen molar-refractivity contribution in [2.24, 2.45) is 0 Å². The monoisotopic (exact) mass is 764 g/mol. The van der Waals surface area contributed by atoms with Crippen molar-refractivity contribution in [2.45, 2.75) is 36.5 Å². The first-order valence-electron chi connectivity index (χ1n) is 21.4. The standard InChI is InChI=1S/C60H44/c1-59(2)51-25-13-9-21-45(51)46-35-34-44(38-55(46)59)58-49-24-12-16-28-54(49)60(56-37-43(33-36-50(56)58)40-19-7-4-8-20-40)52-26-14-10-22-47(52)57(48-23-11-15-27-53(48)60)42-31-29-41(30-32-42)39-17-5-3-6-18-39/h3-38,57-58H,1-2H3. The molecule has 0 saturated heterocycles. The van der Waals surface area contributed by atoms with Crippen LogP contribution in [0.3, 0.4) is 0 Å². The molecule has 0 radical (unpaired) electrons. The van der Waals surface area contributed by atoms with E-state index in [1.165, 1.54) is 100 Å². The summed E-state index contributed by atoms with van der Waals surface area (Å²) in [7, 11) is 0. The van der Waals surface area contributed by atoms with Crippen molar-refractivity contribution in [3.63, 3.8) is 0 Å². The maximum absolute atomic E-state index is 2.54. The van der Waals surface area contributed by atoms with Crippen LogP contribution in [-0.2, 0) is 10.8 Å². The van der Waals surface area contributed by atoms with Gasteiger partial charge in [0.2, 0.25) is 0 Å². The molecule has 0 aromatic heterocycles. The van der Waals surface area contributed by atoms with Gasteiger partial charge in [0.1, 0.15) is 0 Å². The zero-order valence-corrected chi connectivity index (χ0v) is 33.9. The molecule has 0 nitrogen and oxygen atoms in total. The zero-order chi connectivity index (χ0) is 40.0. The van der Waals surface area contributed by atoms with E-state index in [2.05, 4.69) is 232 Å². The summed E-state index contributed by atoms with van der Waals surface area (Å²) in [6, 6.07) is 82.8. The van der Waals surface area contributed by atoms with Crippen LogP contribution in [0.5, 0.6) is 0 Å². The van der Waals surface area contributed by atoms with E-state index in [0.29, 0.717) is 0 Å². The van der Waals surface area contributed by atoms with Crippen molar-refractivity contribution < 1.29 is 0 Å². The number of rotatable bonds is 4. The summed E-state index contributed by atoms with van der Waals surface area (Å²) in [6.45, 7) is 4.79. The highest BCUT2D eigenvalue weighted by Crippen LogP contribution is 2.62. The van der Waals surface area contributed by atoms with Crippen LogP contribution in [0.2, 0.25) is 0 Å². The molecule has 0 saturated carbocycles. The zero-order valence-electron chi connectivity index (χ0n) is 33.9. The molecular formula is C60H44. The van der Waals surface area contributed by atoms with Crippen LogP contribution in [0.25, 0.3) is 33.4 Å². The minimum atomic E-state index is -0.548. The van der Waals surface area contributed by atoms with E-state index in [1.807, 2.05) is 0 Å². The van der Waals surface area contributed by atoms with Crippen LogP contribution >= 0.6 is 0 Å².